The van der Waals surface area contributed by atoms with E-state index in [2.05, 4.69) is 30.1 Å². The van der Waals surface area contributed by atoms with Crippen molar-refractivity contribution in [3.05, 3.63) is 101 Å². The molecule has 3 aromatic carbocycles. The van der Waals surface area contributed by atoms with Crippen LogP contribution in [0.15, 0.2) is 78.0 Å². The Morgan fingerprint density at radius 2 is 1.86 bits per heavy atom. The molecular formula is C33H27ClF2N8O4S. The molecule has 16 heteroatoms. The van der Waals surface area contributed by atoms with Crippen LogP contribution in [0.4, 0.5) is 26.0 Å². The molecule has 3 aromatic heterocycles. The van der Waals surface area contributed by atoms with E-state index >= 15 is 8.78 Å². The van der Waals surface area contributed by atoms with Gasteiger partial charge >= 0.3 is 0 Å². The number of hydrogen-bond donors (Lipinski definition) is 3. The summed E-state index contributed by atoms with van der Waals surface area (Å²) < 4.78 is 60.9. The van der Waals surface area contributed by atoms with E-state index in [1.165, 1.54) is 36.1 Å². The molecule has 1 aliphatic heterocycles. The number of carbonyl (C=O) groups is 1. The van der Waals surface area contributed by atoms with Crippen molar-refractivity contribution in [2.24, 2.45) is 0 Å². The van der Waals surface area contributed by atoms with E-state index in [0.717, 1.165) is 12.1 Å². The van der Waals surface area contributed by atoms with Crippen LogP contribution in [0.5, 0.6) is 0 Å². The molecular weight excluding hydrogens is 678 g/mol. The van der Waals surface area contributed by atoms with Gasteiger partial charge in [0.2, 0.25) is 0 Å². The average Bonchev–Trinajstić information content (AvgIpc) is 3.48. The number of pyridine rings is 1. The van der Waals surface area contributed by atoms with Crippen molar-refractivity contribution >= 4 is 66.7 Å². The maximum absolute atomic E-state index is 15.8. The zero-order valence-electron chi connectivity index (χ0n) is 25.7. The topological polar surface area (TPSA) is 155 Å². The molecule has 250 valence electrons. The molecule has 0 saturated carbocycles. The predicted octanol–water partition coefficient (Wildman–Crippen LogP) is 5.75. The number of carbonyl (C=O) groups excluding carboxylic acids is 1. The number of rotatable bonds is 7. The molecule has 3 N–H and O–H groups in total. The second-order valence-electron chi connectivity index (χ2n) is 11.5. The summed E-state index contributed by atoms with van der Waals surface area (Å²) in [7, 11) is -4.31. The molecule has 1 atom stereocenters. The second-order valence-corrected chi connectivity index (χ2v) is 13.5. The van der Waals surface area contributed by atoms with Gasteiger partial charge in [-0.15, -0.1) is 0 Å². The van der Waals surface area contributed by atoms with Crippen LogP contribution in [0.25, 0.3) is 27.8 Å². The minimum atomic E-state index is -4.31. The number of sulfonamides is 1. The quantitative estimate of drug-likeness (QED) is 0.189. The van der Waals surface area contributed by atoms with Gasteiger partial charge in [-0.2, -0.15) is 5.10 Å². The Morgan fingerprint density at radius 1 is 1.04 bits per heavy atom. The summed E-state index contributed by atoms with van der Waals surface area (Å²) in [4.78, 5) is 28.0. The number of nitrogens with zero attached hydrogens (tertiary/aromatic N) is 6. The molecule has 1 aliphatic rings. The van der Waals surface area contributed by atoms with Crippen LogP contribution in [0.2, 0.25) is 5.02 Å². The van der Waals surface area contributed by atoms with Crippen molar-refractivity contribution in [2.75, 3.05) is 23.1 Å². The molecule has 1 saturated heterocycles. The van der Waals surface area contributed by atoms with E-state index in [9.17, 15) is 18.3 Å². The molecule has 6 aromatic rings. The highest BCUT2D eigenvalue weighted by Gasteiger charge is 2.28. The number of likely N-dealkylation sites (tertiary alicyclic amines) is 1. The lowest BCUT2D eigenvalue weighted by Gasteiger charge is -2.29. The first-order valence-corrected chi connectivity index (χ1v) is 17.0. The Morgan fingerprint density at radius 3 is 2.67 bits per heavy atom. The van der Waals surface area contributed by atoms with E-state index < -0.39 is 39.1 Å². The summed E-state index contributed by atoms with van der Waals surface area (Å²) in [5, 5.41) is 18.2. The lowest BCUT2D eigenvalue weighted by Crippen LogP contribution is -2.42. The third kappa shape index (κ3) is 6.00. The number of benzene rings is 3. The third-order valence-electron chi connectivity index (χ3n) is 8.24. The van der Waals surface area contributed by atoms with Crippen LogP contribution >= 0.6 is 11.6 Å². The van der Waals surface area contributed by atoms with Gasteiger partial charge in [-0.1, -0.05) is 35.9 Å². The smallest absolute Gasteiger partial charge is 0.275 e. The van der Waals surface area contributed by atoms with Gasteiger partial charge in [0.1, 0.15) is 23.3 Å². The molecule has 0 aliphatic carbocycles. The highest BCUT2D eigenvalue weighted by Crippen LogP contribution is 2.33. The number of amides is 1. The van der Waals surface area contributed by atoms with Crippen molar-refractivity contribution in [2.45, 2.75) is 30.8 Å². The number of aromatic nitrogens is 5. The SMILES string of the molecule is Cc1c(Cl)cccc1S(=O)(=O)Nc1ccc(F)c(Nc2ncnc3ccc(-n4nc(C(=O)N5CCC[C@H](O)C5)c5ccccc54)nc23)c1F. The summed E-state index contributed by atoms with van der Waals surface area (Å²) in [6.45, 7) is 2.21. The third-order valence-corrected chi connectivity index (χ3v) is 10.2. The fraction of sp³-hybridized carbons (Fsp3) is 0.182. The van der Waals surface area contributed by atoms with Crippen LogP contribution < -0.4 is 10.0 Å². The molecule has 4 heterocycles. The minimum Gasteiger partial charge on any atom is -0.391 e. The van der Waals surface area contributed by atoms with Gasteiger partial charge in [0.25, 0.3) is 15.9 Å². The van der Waals surface area contributed by atoms with E-state index in [4.69, 9.17) is 11.6 Å². The van der Waals surface area contributed by atoms with Gasteiger partial charge in [0.05, 0.1) is 27.7 Å². The highest BCUT2D eigenvalue weighted by atomic mass is 35.5. The van der Waals surface area contributed by atoms with Gasteiger partial charge in [-0.05, 0) is 67.8 Å². The summed E-state index contributed by atoms with van der Waals surface area (Å²) in [5.41, 5.74) is 0.266. The summed E-state index contributed by atoms with van der Waals surface area (Å²) in [6, 6.07) is 16.5. The van der Waals surface area contributed by atoms with Gasteiger partial charge < -0.3 is 15.3 Å². The number of fused-ring (bicyclic) bond motifs is 2. The van der Waals surface area contributed by atoms with Crippen LogP contribution in [0, 0.1) is 18.6 Å². The van der Waals surface area contributed by atoms with Crippen LogP contribution in [-0.4, -0.2) is 68.3 Å². The number of nitrogens with one attached hydrogen (secondary N) is 2. The highest BCUT2D eigenvalue weighted by molar-refractivity contribution is 7.92. The maximum Gasteiger partial charge on any atom is 0.275 e. The van der Waals surface area contributed by atoms with E-state index in [1.54, 1.807) is 41.3 Å². The van der Waals surface area contributed by atoms with Crippen LogP contribution in [0.1, 0.15) is 28.9 Å². The molecule has 12 nitrogen and oxygen atoms in total. The Bertz CT molecular complexity index is 2390. The number of aliphatic hydroxyl groups is 1. The first-order chi connectivity index (χ1) is 23.5. The van der Waals surface area contributed by atoms with E-state index in [1.807, 2.05) is 0 Å². The Labute approximate surface area is 283 Å². The average molecular weight is 705 g/mol. The molecule has 49 heavy (non-hydrogen) atoms. The molecule has 0 spiro atoms. The number of halogens is 3. The van der Waals surface area contributed by atoms with Crippen molar-refractivity contribution < 1.29 is 27.1 Å². The molecule has 1 amide bonds. The summed E-state index contributed by atoms with van der Waals surface area (Å²) >= 11 is 6.09. The minimum absolute atomic E-state index is 0.0783. The van der Waals surface area contributed by atoms with Crippen molar-refractivity contribution in [1.29, 1.82) is 0 Å². The lowest BCUT2D eigenvalue weighted by atomic mass is 10.1. The number of aliphatic hydroxyl groups excluding tert-OH is 1. The van der Waals surface area contributed by atoms with Crippen molar-refractivity contribution in [3.8, 4) is 5.82 Å². The van der Waals surface area contributed by atoms with Crippen molar-refractivity contribution in [3.63, 3.8) is 0 Å². The monoisotopic (exact) mass is 704 g/mol. The van der Waals surface area contributed by atoms with Gasteiger partial charge in [-0.25, -0.2) is 36.8 Å². The number of hydrogen-bond acceptors (Lipinski definition) is 9. The molecule has 7 rings (SSSR count). The molecule has 0 bridgehead atoms. The standard InChI is InChI=1S/C33H27ClF2N8O4S/c1-18-21(34)8-4-10-26(18)49(47,48)42-23-12-11-22(35)30(28(23)36)40-32-31-24(37-17-38-32)13-14-27(39-31)44-25-9-3-2-7-20(25)29(41-44)33(46)43-15-5-6-19(45)16-43/h2-4,7-14,17,19,42,45H,5-6,15-16H2,1H3,(H,37,38,40)/t19-/m0/s1. The maximum atomic E-state index is 15.8. The van der Waals surface area contributed by atoms with E-state index in [-0.39, 0.29) is 50.8 Å². The normalized spacial score (nSPS) is 15.1. The van der Waals surface area contributed by atoms with Gasteiger partial charge in [0.15, 0.2) is 23.1 Å². The zero-order valence-corrected chi connectivity index (χ0v) is 27.3. The Balaban J connectivity index is 1.26. The first kappa shape index (κ1) is 32.3. The molecule has 1 fully saturated rings. The second kappa shape index (κ2) is 12.7. The number of piperidine rings is 1. The number of anilines is 3. The van der Waals surface area contributed by atoms with Crippen LogP contribution in [0.3, 0.4) is 0 Å². The Kier molecular flexibility index (Phi) is 8.34. The summed E-state index contributed by atoms with van der Waals surface area (Å²) in [5.74, 6) is -2.39. The number of para-hydroxylation sites is 1. The van der Waals surface area contributed by atoms with E-state index in [0.29, 0.717) is 35.8 Å². The fourth-order valence-electron chi connectivity index (χ4n) is 5.77. The largest absolute Gasteiger partial charge is 0.391 e. The van der Waals surface area contributed by atoms with Crippen LogP contribution in [-0.2, 0) is 10.0 Å². The van der Waals surface area contributed by atoms with Gasteiger partial charge in [-0.3, -0.25) is 9.52 Å². The number of β-amino-alcohol motifs (C(OH)–C–C–N with tert-alkyl or cyclic N) is 1. The lowest BCUT2D eigenvalue weighted by molar-refractivity contribution is 0.0470. The van der Waals surface area contributed by atoms with Gasteiger partial charge in [0, 0.05) is 23.5 Å². The molecule has 0 unspecified atom stereocenters. The predicted molar refractivity (Wildman–Crippen MR) is 180 cm³/mol. The first-order valence-electron chi connectivity index (χ1n) is 15.1. The summed E-state index contributed by atoms with van der Waals surface area (Å²) in [6.07, 6.45) is 1.87. The zero-order chi connectivity index (χ0) is 34.4. The fourth-order valence-corrected chi connectivity index (χ4v) is 7.33. The Hall–Kier alpha value is -5.25. The van der Waals surface area contributed by atoms with Crippen molar-refractivity contribution in [1.82, 2.24) is 29.6 Å². The molecule has 0 radical (unpaired) electrons.